The molecule has 4 heteroatoms. The van der Waals surface area contributed by atoms with Crippen LogP contribution in [0.4, 0.5) is 0 Å². The summed E-state index contributed by atoms with van der Waals surface area (Å²) in [7, 11) is 0. The standard InChI is InChI=1S/C23H30O4/c1-5-6-7-8-18-12-21(26-14-24)23(22(13-18)27-15-25)20-11-17(4)9-10-19(20)16(2)3/h11-15,19-20H,2,5-10H2,1,3-4H3/t19-,20+/m0/s1. The predicted octanol–water partition coefficient (Wildman–Crippen LogP) is 5.51. The van der Waals surface area contributed by atoms with Crippen molar-refractivity contribution in [3.63, 3.8) is 0 Å². The van der Waals surface area contributed by atoms with Crippen LogP contribution >= 0.6 is 0 Å². The van der Waals surface area contributed by atoms with E-state index in [9.17, 15) is 9.59 Å². The lowest BCUT2D eigenvalue weighted by Crippen LogP contribution is -2.19. The van der Waals surface area contributed by atoms with E-state index in [1.807, 2.05) is 19.1 Å². The van der Waals surface area contributed by atoms with Crippen LogP contribution in [0.5, 0.6) is 11.5 Å². The van der Waals surface area contributed by atoms with Gasteiger partial charge < -0.3 is 9.47 Å². The molecule has 0 saturated heterocycles. The molecule has 0 heterocycles. The van der Waals surface area contributed by atoms with Gasteiger partial charge in [-0.3, -0.25) is 9.59 Å². The number of rotatable bonds is 10. The van der Waals surface area contributed by atoms with E-state index in [0.29, 0.717) is 24.4 Å². The second kappa shape index (κ2) is 10.1. The minimum absolute atomic E-state index is 0.0363. The quantitative estimate of drug-likeness (QED) is 0.310. The molecule has 0 saturated carbocycles. The Bertz CT molecular complexity index is 686. The Kier molecular flexibility index (Phi) is 7.83. The third kappa shape index (κ3) is 5.31. The predicted molar refractivity (Wildman–Crippen MR) is 107 cm³/mol. The molecule has 2 rings (SSSR count). The molecule has 0 bridgehead atoms. The van der Waals surface area contributed by atoms with Crippen molar-refractivity contribution in [1.82, 2.24) is 0 Å². The SMILES string of the molecule is C=C(C)[C@@H]1CCC(C)=C[C@H]1c1c(OC=O)cc(CCCCC)cc1OC=O. The minimum atomic E-state index is -0.0363. The van der Waals surface area contributed by atoms with Crippen LogP contribution in [0.3, 0.4) is 0 Å². The lowest BCUT2D eigenvalue weighted by Gasteiger charge is -2.32. The monoisotopic (exact) mass is 370 g/mol. The van der Waals surface area contributed by atoms with Gasteiger partial charge in [0.25, 0.3) is 12.9 Å². The summed E-state index contributed by atoms with van der Waals surface area (Å²) in [6.45, 7) is 11.3. The zero-order valence-corrected chi connectivity index (χ0v) is 16.6. The van der Waals surface area contributed by atoms with Crippen molar-refractivity contribution in [2.24, 2.45) is 5.92 Å². The molecule has 1 aromatic carbocycles. The van der Waals surface area contributed by atoms with Gasteiger partial charge in [-0.2, -0.15) is 0 Å². The number of hydrogen-bond donors (Lipinski definition) is 0. The van der Waals surface area contributed by atoms with Crippen LogP contribution in [-0.4, -0.2) is 12.9 Å². The molecule has 0 N–H and O–H groups in total. The molecule has 1 aliphatic rings. The van der Waals surface area contributed by atoms with Gasteiger partial charge in [-0.15, -0.1) is 0 Å². The van der Waals surface area contributed by atoms with E-state index >= 15 is 0 Å². The maximum atomic E-state index is 11.2. The number of allylic oxidation sites excluding steroid dienone is 3. The second-order valence-corrected chi connectivity index (χ2v) is 7.42. The maximum Gasteiger partial charge on any atom is 0.298 e. The Morgan fingerprint density at radius 3 is 2.33 bits per heavy atom. The molecule has 0 aromatic heterocycles. The van der Waals surface area contributed by atoms with E-state index < -0.39 is 0 Å². The van der Waals surface area contributed by atoms with Gasteiger partial charge >= 0.3 is 0 Å². The normalized spacial score (nSPS) is 19.1. The van der Waals surface area contributed by atoms with Crippen molar-refractivity contribution < 1.29 is 19.1 Å². The zero-order valence-electron chi connectivity index (χ0n) is 16.6. The van der Waals surface area contributed by atoms with E-state index in [2.05, 4.69) is 26.5 Å². The van der Waals surface area contributed by atoms with Gasteiger partial charge in [0.15, 0.2) is 0 Å². The minimum Gasteiger partial charge on any atom is -0.428 e. The first kappa shape index (κ1) is 20.9. The molecular formula is C23H30O4. The molecule has 0 unspecified atom stereocenters. The average molecular weight is 370 g/mol. The molecule has 0 radical (unpaired) electrons. The van der Waals surface area contributed by atoms with Crippen molar-refractivity contribution >= 4 is 12.9 Å². The first-order valence-electron chi connectivity index (χ1n) is 9.71. The molecule has 0 aliphatic heterocycles. The molecule has 4 nitrogen and oxygen atoms in total. The van der Waals surface area contributed by atoms with E-state index in [1.165, 1.54) is 5.57 Å². The summed E-state index contributed by atoms with van der Waals surface area (Å²) in [5.74, 6) is 1.12. The van der Waals surface area contributed by atoms with Crippen LogP contribution < -0.4 is 9.47 Å². The van der Waals surface area contributed by atoms with Gasteiger partial charge in [-0.25, -0.2) is 0 Å². The van der Waals surface area contributed by atoms with E-state index in [4.69, 9.17) is 9.47 Å². The van der Waals surface area contributed by atoms with Crippen LogP contribution in [0, 0.1) is 5.92 Å². The number of unbranched alkanes of at least 4 members (excludes halogenated alkanes) is 2. The number of ether oxygens (including phenoxy) is 2. The average Bonchev–Trinajstić information content (AvgIpc) is 2.62. The summed E-state index contributed by atoms with van der Waals surface area (Å²) < 4.78 is 10.7. The highest BCUT2D eigenvalue weighted by atomic mass is 16.5. The Morgan fingerprint density at radius 1 is 1.19 bits per heavy atom. The van der Waals surface area contributed by atoms with Crippen LogP contribution in [0.25, 0.3) is 0 Å². The van der Waals surface area contributed by atoms with Gasteiger partial charge in [-0.1, -0.05) is 43.6 Å². The van der Waals surface area contributed by atoms with Crippen molar-refractivity contribution in [1.29, 1.82) is 0 Å². The van der Waals surface area contributed by atoms with E-state index in [0.717, 1.165) is 55.2 Å². The molecule has 0 spiro atoms. The van der Waals surface area contributed by atoms with Gasteiger partial charge in [-0.05, 0) is 63.1 Å². The smallest absolute Gasteiger partial charge is 0.298 e. The Labute approximate surface area is 162 Å². The largest absolute Gasteiger partial charge is 0.428 e. The van der Waals surface area contributed by atoms with Gasteiger partial charge in [0.2, 0.25) is 0 Å². The molecule has 1 aromatic rings. The van der Waals surface area contributed by atoms with Gasteiger partial charge in [0, 0.05) is 11.5 Å². The third-order valence-electron chi connectivity index (χ3n) is 5.30. The number of aryl methyl sites for hydroxylation is 1. The Balaban J connectivity index is 2.56. The van der Waals surface area contributed by atoms with E-state index in [-0.39, 0.29) is 11.8 Å². The van der Waals surface area contributed by atoms with Crippen molar-refractivity contribution in [2.45, 2.75) is 65.2 Å². The van der Waals surface area contributed by atoms with Gasteiger partial charge in [0.1, 0.15) is 11.5 Å². The topological polar surface area (TPSA) is 52.6 Å². The summed E-state index contributed by atoms with van der Waals surface area (Å²) >= 11 is 0. The Hall–Kier alpha value is -2.36. The number of benzene rings is 1. The van der Waals surface area contributed by atoms with Gasteiger partial charge in [0.05, 0.1) is 0 Å². The van der Waals surface area contributed by atoms with E-state index in [1.54, 1.807) is 0 Å². The van der Waals surface area contributed by atoms with Crippen molar-refractivity contribution in [2.75, 3.05) is 0 Å². The fourth-order valence-electron chi connectivity index (χ4n) is 3.91. The second-order valence-electron chi connectivity index (χ2n) is 7.42. The molecule has 0 fully saturated rings. The van der Waals surface area contributed by atoms with Crippen molar-refractivity contribution in [3.8, 4) is 11.5 Å². The highest BCUT2D eigenvalue weighted by molar-refractivity contribution is 5.60. The molecule has 27 heavy (non-hydrogen) atoms. The first-order valence-corrected chi connectivity index (χ1v) is 9.71. The third-order valence-corrected chi connectivity index (χ3v) is 5.30. The van der Waals surface area contributed by atoms with Crippen LogP contribution in [0.2, 0.25) is 0 Å². The molecule has 0 amide bonds. The Morgan fingerprint density at radius 2 is 1.81 bits per heavy atom. The summed E-state index contributed by atoms with van der Waals surface area (Å²) in [5.41, 5.74) is 4.10. The van der Waals surface area contributed by atoms with Crippen LogP contribution in [-0.2, 0) is 16.0 Å². The van der Waals surface area contributed by atoms with Crippen LogP contribution in [0.15, 0.2) is 35.9 Å². The van der Waals surface area contributed by atoms with Crippen LogP contribution in [0.1, 0.15) is 69.9 Å². The molecule has 1 aliphatic carbocycles. The summed E-state index contributed by atoms with van der Waals surface area (Å²) in [5, 5.41) is 0. The number of carbonyl (C=O) groups excluding carboxylic acids is 2. The highest BCUT2D eigenvalue weighted by Gasteiger charge is 2.31. The van der Waals surface area contributed by atoms with Crippen molar-refractivity contribution in [3.05, 3.63) is 47.1 Å². The molecule has 146 valence electrons. The fourth-order valence-corrected chi connectivity index (χ4v) is 3.91. The summed E-state index contributed by atoms with van der Waals surface area (Å²) in [4.78, 5) is 22.3. The number of hydrogen-bond acceptors (Lipinski definition) is 4. The fraction of sp³-hybridized carbons (Fsp3) is 0.478. The summed E-state index contributed by atoms with van der Waals surface area (Å²) in [6.07, 6.45) is 8.30. The maximum absolute atomic E-state index is 11.2. The lowest BCUT2D eigenvalue weighted by atomic mass is 9.73. The first-order chi connectivity index (χ1) is 13.0. The number of carbonyl (C=O) groups is 2. The highest BCUT2D eigenvalue weighted by Crippen LogP contribution is 2.47. The zero-order chi connectivity index (χ0) is 19.8. The lowest BCUT2D eigenvalue weighted by molar-refractivity contribution is -0.121. The molecular weight excluding hydrogens is 340 g/mol. The molecule has 2 atom stereocenters. The summed E-state index contributed by atoms with van der Waals surface area (Å²) in [6, 6.07) is 3.81.